The fourth-order valence-corrected chi connectivity index (χ4v) is 1.40. The van der Waals surface area contributed by atoms with Crippen molar-refractivity contribution in [1.82, 2.24) is 5.32 Å². The lowest BCUT2D eigenvalue weighted by Crippen LogP contribution is -2.35. The molecular formula is C11H22N2. The van der Waals surface area contributed by atoms with Crippen LogP contribution in [0, 0.1) is 0 Å². The average molecular weight is 182 g/mol. The van der Waals surface area contributed by atoms with Gasteiger partial charge in [0.05, 0.1) is 5.71 Å². The zero-order chi connectivity index (χ0) is 10.1. The summed E-state index contributed by atoms with van der Waals surface area (Å²) in [6, 6.07) is 0.396. The molecule has 1 atom stereocenters. The quantitative estimate of drug-likeness (QED) is 0.601. The highest BCUT2D eigenvalue weighted by molar-refractivity contribution is 5.98. The van der Waals surface area contributed by atoms with E-state index in [-0.39, 0.29) is 0 Å². The second kappa shape index (κ2) is 7.99. The Kier molecular flexibility index (Phi) is 7.60. The fourth-order valence-electron chi connectivity index (χ4n) is 1.40. The maximum absolute atomic E-state index is 4.21. The lowest BCUT2D eigenvalue weighted by molar-refractivity contribution is 0.571. The van der Waals surface area contributed by atoms with E-state index in [1.165, 1.54) is 12.8 Å². The predicted octanol–water partition coefficient (Wildman–Crippen LogP) is 2.41. The monoisotopic (exact) mass is 182 g/mol. The second-order valence-electron chi connectivity index (χ2n) is 3.11. The van der Waals surface area contributed by atoms with Gasteiger partial charge < -0.3 is 5.32 Å². The molecule has 0 saturated carbocycles. The summed E-state index contributed by atoms with van der Waals surface area (Å²) in [5, 5.41) is 3.42. The van der Waals surface area contributed by atoms with Gasteiger partial charge in [0, 0.05) is 13.1 Å². The van der Waals surface area contributed by atoms with E-state index in [0.29, 0.717) is 6.04 Å². The molecule has 0 rings (SSSR count). The molecule has 76 valence electrons. The van der Waals surface area contributed by atoms with E-state index in [4.69, 9.17) is 0 Å². The number of nitrogens with one attached hydrogen (secondary N) is 1. The topological polar surface area (TPSA) is 24.4 Å². The van der Waals surface area contributed by atoms with Crippen LogP contribution in [0.1, 0.15) is 33.1 Å². The summed E-state index contributed by atoms with van der Waals surface area (Å²) >= 11 is 0. The molecule has 0 aromatic carbocycles. The number of rotatable bonds is 7. The van der Waals surface area contributed by atoms with Gasteiger partial charge in [0.25, 0.3) is 0 Å². The molecule has 0 aliphatic carbocycles. The molecular weight excluding hydrogens is 160 g/mol. The van der Waals surface area contributed by atoms with Gasteiger partial charge in [0.2, 0.25) is 0 Å². The van der Waals surface area contributed by atoms with Crippen LogP contribution in [-0.2, 0) is 0 Å². The average Bonchev–Trinajstić information content (AvgIpc) is 2.16. The Morgan fingerprint density at radius 2 is 2.23 bits per heavy atom. The molecule has 0 aliphatic heterocycles. The number of hydrogen-bond acceptors (Lipinski definition) is 2. The summed E-state index contributed by atoms with van der Waals surface area (Å²) < 4.78 is 0. The van der Waals surface area contributed by atoms with Crippen LogP contribution in [0.25, 0.3) is 0 Å². The SMILES string of the molecule is C=CC(=NC)C(CCCC)NCC. The highest BCUT2D eigenvalue weighted by atomic mass is 14.9. The van der Waals surface area contributed by atoms with Crippen LogP contribution in [-0.4, -0.2) is 25.3 Å². The van der Waals surface area contributed by atoms with E-state index >= 15 is 0 Å². The summed E-state index contributed by atoms with van der Waals surface area (Å²) in [6.07, 6.45) is 5.48. The van der Waals surface area contributed by atoms with Crippen molar-refractivity contribution in [2.75, 3.05) is 13.6 Å². The first kappa shape index (κ1) is 12.4. The Bertz CT molecular complexity index is 161. The van der Waals surface area contributed by atoms with Gasteiger partial charge in [0.15, 0.2) is 0 Å². The zero-order valence-corrected chi connectivity index (χ0v) is 9.14. The zero-order valence-electron chi connectivity index (χ0n) is 9.14. The lowest BCUT2D eigenvalue weighted by Gasteiger charge is -2.17. The summed E-state index contributed by atoms with van der Waals surface area (Å²) in [4.78, 5) is 4.21. The molecule has 1 unspecified atom stereocenters. The second-order valence-corrected chi connectivity index (χ2v) is 3.11. The summed E-state index contributed by atoms with van der Waals surface area (Å²) in [6.45, 7) is 9.09. The Labute approximate surface area is 82.1 Å². The maximum atomic E-state index is 4.21. The first-order valence-corrected chi connectivity index (χ1v) is 5.12. The molecule has 2 heteroatoms. The van der Waals surface area contributed by atoms with Crippen LogP contribution >= 0.6 is 0 Å². The van der Waals surface area contributed by atoms with E-state index in [9.17, 15) is 0 Å². The van der Waals surface area contributed by atoms with Crippen molar-refractivity contribution in [1.29, 1.82) is 0 Å². The standard InChI is InChI=1S/C11H22N2/c1-5-8-9-11(13-7-3)10(6-2)12-4/h6,11,13H,2,5,7-9H2,1,3-4H3. The Balaban J connectivity index is 4.12. The molecule has 0 aromatic heterocycles. The number of hydrogen-bond donors (Lipinski definition) is 1. The molecule has 0 spiro atoms. The van der Waals surface area contributed by atoms with Crippen molar-refractivity contribution in [3.63, 3.8) is 0 Å². The normalized spacial score (nSPS) is 14.2. The van der Waals surface area contributed by atoms with Crippen LogP contribution in [0.5, 0.6) is 0 Å². The van der Waals surface area contributed by atoms with E-state index in [1.807, 2.05) is 13.1 Å². The van der Waals surface area contributed by atoms with Crippen molar-refractivity contribution < 1.29 is 0 Å². The van der Waals surface area contributed by atoms with Gasteiger partial charge in [-0.05, 0) is 19.0 Å². The van der Waals surface area contributed by atoms with Crippen molar-refractivity contribution >= 4 is 5.71 Å². The molecule has 0 heterocycles. The lowest BCUT2D eigenvalue weighted by atomic mass is 10.0. The molecule has 0 aliphatic rings. The summed E-state index contributed by atoms with van der Waals surface area (Å²) in [5.41, 5.74) is 1.08. The van der Waals surface area contributed by atoms with E-state index in [2.05, 4.69) is 30.7 Å². The van der Waals surface area contributed by atoms with Crippen molar-refractivity contribution in [2.45, 2.75) is 39.2 Å². The predicted molar refractivity (Wildman–Crippen MR) is 60.5 cm³/mol. The minimum absolute atomic E-state index is 0.396. The molecule has 2 nitrogen and oxygen atoms in total. The van der Waals surface area contributed by atoms with E-state index < -0.39 is 0 Å². The minimum atomic E-state index is 0.396. The molecule has 0 radical (unpaired) electrons. The first-order valence-electron chi connectivity index (χ1n) is 5.12. The Morgan fingerprint density at radius 3 is 2.62 bits per heavy atom. The molecule has 1 N–H and O–H groups in total. The van der Waals surface area contributed by atoms with Crippen LogP contribution < -0.4 is 5.32 Å². The molecule has 0 bridgehead atoms. The largest absolute Gasteiger partial charge is 0.309 e. The van der Waals surface area contributed by atoms with Gasteiger partial charge >= 0.3 is 0 Å². The third-order valence-electron chi connectivity index (χ3n) is 2.12. The first-order chi connectivity index (χ1) is 6.29. The van der Waals surface area contributed by atoms with Crippen LogP contribution in [0.3, 0.4) is 0 Å². The molecule has 0 fully saturated rings. The summed E-state index contributed by atoms with van der Waals surface area (Å²) in [5.74, 6) is 0. The number of nitrogens with zero attached hydrogens (tertiary/aromatic N) is 1. The van der Waals surface area contributed by atoms with Crippen LogP contribution in [0.15, 0.2) is 17.6 Å². The van der Waals surface area contributed by atoms with Crippen LogP contribution in [0.2, 0.25) is 0 Å². The summed E-state index contributed by atoms with van der Waals surface area (Å²) in [7, 11) is 1.83. The van der Waals surface area contributed by atoms with Gasteiger partial charge in [-0.1, -0.05) is 33.3 Å². The highest BCUT2D eigenvalue weighted by Crippen LogP contribution is 2.03. The highest BCUT2D eigenvalue weighted by Gasteiger charge is 2.09. The minimum Gasteiger partial charge on any atom is -0.309 e. The van der Waals surface area contributed by atoms with E-state index in [0.717, 1.165) is 18.7 Å². The third-order valence-corrected chi connectivity index (χ3v) is 2.12. The van der Waals surface area contributed by atoms with E-state index in [1.54, 1.807) is 0 Å². The van der Waals surface area contributed by atoms with Gasteiger partial charge in [0.1, 0.15) is 0 Å². The number of unbranched alkanes of at least 4 members (excludes halogenated alkanes) is 1. The van der Waals surface area contributed by atoms with Gasteiger partial charge in [-0.25, -0.2) is 0 Å². The number of aliphatic imine (C=N–C) groups is 1. The fraction of sp³-hybridized carbons (Fsp3) is 0.727. The third kappa shape index (κ3) is 4.83. The molecule has 0 amide bonds. The van der Waals surface area contributed by atoms with Gasteiger partial charge in [-0.2, -0.15) is 0 Å². The van der Waals surface area contributed by atoms with Crippen molar-refractivity contribution in [3.8, 4) is 0 Å². The Hall–Kier alpha value is -0.630. The maximum Gasteiger partial charge on any atom is 0.0508 e. The van der Waals surface area contributed by atoms with Crippen LogP contribution in [0.4, 0.5) is 0 Å². The molecule has 0 aromatic rings. The van der Waals surface area contributed by atoms with Crippen molar-refractivity contribution in [3.05, 3.63) is 12.7 Å². The van der Waals surface area contributed by atoms with Gasteiger partial charge in [-0.15, -0.1) is 0 Å². The molecule has 0 saturated heterocycles. The smallest absolute Gasteiger partial charge is 0.0508 e. The van der Waals surface area contributed by atoms with Gasteiger partial charge in [-0.3, -0.25) is 4.99 Å². The van der Waals surface area contributed by atoms with Crippen molar-refractivity contribution in [2.24, 2.45) is 4.99 Å². The molecule has 13 heavy (non-hydrogen) atoms. The Morgan fingerprint density at radius 1 is 1.54 bits per heavy atom.